The van der Waals surface area contributed by atoms with Crippen molar-refractivity contribution >= 4 is 22.5 Å². The molecule has 0 atom stereocenters. The van der Waals surface area contributed by atoms with Gasteiger partial charge in [0, 0.05) is 0 Å². The summed E-state index contributed by atoms with van der Waals surface area (Å²) in [6.07, 6.45) is 2.15. The summed E-state index contributed by atoms with van der Waals surface area (Å²) in [6.45, 7) is 15.8. The summed E-state index contributed by atoms with van der Waals surface area (Å²) in [5.41, 5.74) is -2.12. The van der Waals surface area contributed by atoms with Crippen LogP contribution in [0.25, 0.3) is 0 Å². The number of rotatable bonds is 3. The molecule has 0 unspecified atom stereocenters. The van der Waals surface area contributed by atoms with Gasteiger partial charge in [0.2, 0.25) is 0 Å². The first kappa shape index (κ1) is 28.8. The Labute approximate surface area is 141 Å². The molecule has 0 aliphatic carbocycles. The van der Waals surface area contributed by atoms with Gasteiger partial charge >= 0.3 is 27.5 Å². The first-order valence-corrected chi connectivity index (χ1v) is 10.1. The van der Waals surface area contributed by atoms with E-state index >= 15 is 0 Å². The standard InChI is InChI=1S/3C5H11O.CH3.Sn/c3*1-4-5(2,3)6;;/h3*4H2,1-3H3;1H3;/q3*-1;;+3. The molecule has 4 heteroatoms. The summed E-state index contributed by atoms with van der Waals surface area (Å²) in [6, 6.07) is 0. The van der Waals surface area contributed by atoms with Crippen molar-refractivity contribution in [2.75, 3.05) is 0 Å². The first-order valence-electron chi connectivity index (χ1n) is 7.29. The van der Waals surface area contributed by atoms with Gasteiger partial charge in [-0.3, -0.25) is 0 Å². The number of hydrogen-bond acceptors (Lipinski definition) is 3. The van der Waals surface area contributed by atoms with Crippen molar-refractivity contribution in [1.82, 2.24) is 0 Å². The normalized spacial score (nSPS) is 11.2. The molecule has 0 aromatic carbocycles. The minimum atomic E-state index is -0.708. The zero-order valence-corrected chi connectivity index (χ0v) is 18.2. The van der Waals surface area contributed by atoms with E-state index in [4.69, 9.17) is 0 Å². The second kappa shape index (κ2) is 14.6. The molecule has 0 aliphatic rings. The second-order valence-corrected chi connectivity index (χ2v) is 6.34. The molecule has 0 rings (SSSR count). The van der Waals surface area contributed by atoms with Gasteiger partial charge in [0.1, 0.15) is 0 Å². The summed E-state index contributed by atoms with van der Waals surface area (Å²) >= 11 is 1.55. The third kappa shape index (κ3) is 62.3. The molecule has 0 bridgehead atoms. The molecule has 0 amide bonds. The van der Waals surface area contributed by atoms with Crippen LogP contribution in [-0.4, -0.2) is 39.3 Å². The van der Waals surface area contributed by atoms with Crippen LogP contribution in [0.15, 0.2) is 0 Å². The van der Waals surface area contributed by atoms with Crippen LogP contribution in [-0.2, 0) is 0 Å². The van der Waals surface area contributed by atoms with Gasteiger partial charge in [-0.25, -0.2) is 0 Å². The van der Waals surface area contributed by atoms with Crippen LogP contribution in [0.5, 0.6) is 0 Å². The van der Waals surface area contributed by atoms with E-state index < -0.39 is 16.8 Å². The predicted molar refractivity (Wildman–Crippen MR) is 84.7 cm³/mol. The quantitative estimate of drug-likeness (QED) is 0.685. The van der Waals surface area contributed by atoms with Crippen molar-refractivity contribution in [3.05, 3.63) is 0 Å². The SMILES string of the molecule is CCC(C)(C)[O-].CCC(C)(C)[O-].CCC(C)(C)[O-].[CH3][Sn+3]. The van der Waals surface area contributed by atoms with Crippen molar-refractivity contribution in [1.29, 1.82) is 0 Å². The van der Waals surface area contributed by atoms with Gasteiger partial charge < -0.3 is 15.3 Å². The molecule has 0 saturated heterocycles. The van der Waals surface area contributed by atoms with Gasteiger partial charge in [0.25, 0.3) is 0 Å². The van der Waals surface area contributed by atoms with Crippen molar-refractivity contribution in [3.63, 3.8) is 0 Å². The zero-order valence-electron chi connectivity index (χ0n) is 15.3. The molecule has 0 aromatic rings. The summed E-state index contributed by atoms with van der Waals surface area (Å²) in [5, 5.41) is 31.4. The summed E-state index contributed by atoms with van der Waals surface area (Å²) in [4.78, 5) is 2.09. The Kier molecular flexibility index (Phi) is 21.0. The van der Waals surface area contributed by atoms with Crippen molar-refractivity contribution in [3.8, 4) is 0 Å². The average Bonchev–Trinajstić information content (AvgIpc) is 2.30. The fourth-order valence-corrected chi connectivity index (χ4v) is 0. The third-order valence-corrected chi connectivity index (χ3v) is 2.55. The Balaban J connectivity index is -0.0000000902. The molecule has 0 saturated carbocycles. The van der Waals surface area contributed by atoms with Gasteiger partial charge in [0.15, 0.2) is 0 Å². The Morgan fingerprint density at radius 2 is 0.600 bits per heavy atom. The van der Waals surface area contributed by atoms with E-state index in [2.05, 4.69) is 4.94 Å². The van der Waals surface area contributed by atoms with Gasteiger partial charge in [0.05, 0.1) is 0 Å². The summed E-state index contributed by atoms with van der Waals surface area (Å²) in [7, 11) is 0. The van der Waals surface area contributed by atoms with E-state index in [1.54, 1.807) is 64.1 Å². The summed E-state index contributed by atoms with van der Waals surface area (Å²) in [5.74, 6) is 0. The van der Waals surface area contributed by atoms with Gasteiger partial charge in [-0.1, -0.05) is 81.6 Å². The third-order valence-electron chi connectivity index (χ3n) is 2.55. The van der Waals surface area contributed by atoms with Gasteiger partial charge in [-0.2, -0.15) is 0 Å². The maximum absolute atomic E-state index is 10.5. The monoisotopic (exact) mass is 396 g/mol. The molecule has 0 aromatic heterocycles. The van der Waals surface area contributed by atoms with E-state index in [1.165, 1.54) is 0 Å². The van der Waals surface area contributed by atoms with E-state index in [-0.39, 0.29) is 0 Å². The van der Waals surface area contributed by atoms with Crippen LogP contribution in [0.4, 0.5) is 0 Å². The molecule has 20 heavy (non-hydrogen) atoms. The molecule has 0 radical (unpaired) electrons. The first-order chi connectivity index (χ1) is 8.68. The maximum atomic E-state index is 10.5. The Morgan fingerprint density at radius 1 is 0.550 bits per heavy atom. The molecule has 0 N–H and O–H groups in total. The molecule has 0 spiro atoms. The van der Waals surface area contributed by atoms with Crippen LogP contribution in [0.3, 0.4) is 0 Å². The topological polar surface area (TPSA) is 69.2 Å². The average molecular weight is 395 g/mol. The van der Waals surface area contributed by atoms with Crippen molar-refractivity contribution in [2.24, 2.45) is 0 Å². The Hall–Kier alpha value is 0.679. The summed E-state index contributed by atoms with van der Waals surface area (Å²) < 4.78 is 0. The number of hydrogen-bond donors (Lipinski definition) is 0. The van der Waals surface area contributed by atoms with E-state index in [0.29, 0.717) is 19.3 Å². The molecule has 0 heterocycles. The molecule has 0 aliphatic heterocycles. The molecule has 0 fully saturated rings. The molecular weight excluding hydrogens is 359 g/mol. The van der Waals surface area contributed by atoms with Crippen LogP contribution in [0.2, 0.25) is 4.94 Å². The van der Waals surface area contributed by atoms with Crippen molar-refractivity contribution in [2.45, 2.75) is 103 Å². The Morgan fingerprint density at radius 3 is 0.600 bits per heavy atom. The van der Waals surface area contributed by atoms with Gasteiger partial charge in [-0.05, 0) is 0 Å². The van der Waals surface area contributed by atoms with E-state index in [1.807, 2.05) is 20.8 Å². The van der Waals surface area contributed by atoms with Crippen LogP contribution in [0, 0.1) is 0 Å². The van der Waals surface area contributed by atoms with E-state index in [9.17, 15) is 15.3 Å². The fourth-order valence-electron chi connectivity index (χ4n) is 0. The fraction of sp³-hybridized carbons (Fsp3) is 1.00. The van der Waals surface area contributed by atoms with Crippen molar-refractivity contribution < 1.29 is 15.3 Å². The molecular formula is C16H36O3Sn. The zero-order chi connectivity index (χ0) is 17.6. The molecule has 3 nitrogen and oxygen atoms in total. The molecule has 122 valence electrons. The van der Waals surface area contributed by atoms with E-state index in [0.717, 1.165) is 0 Å². The van der Waals surface area contributed by atoms with Crippen LogP contribution < -0.4 is 15.3 Å². The predicted octanol–water partition coefficient (Wildman–Crippen LogP) is 1.81. The second-order valence-electron chi connectivity index (χ2n) is 6.34. The van der Waals surface area contributed by atoms with Gasteiger partial charge in [-0.15, -0.1) is 16.8 Å². The van der Waals surface area contributed by atoms with Crippen LogP contribution in [0.1, 0.15) is 81.6 Å². The van der Waals surface area contributed by atoms with Crippen LogP contribution >= 0.6 is 0 Å². The Bertz CT molecular complexity index is 140. The minimum absolute atomic E-state index is 0.708.